The van der Waals surface area contributed by atoms with Gasteiger partial charge in [0.15, 0.2) is 11.6 Å². The number of hydrogen-bond donors (Lipinski definition) is 1. The Kier molecular flexibility index (Phi) is 3.32. The Morgan fingerprint density at radius 2 is 2.26 bits per heavy atom. The van der Waals surface area contributed by atoms with Crippen molar-refractivity contribution in [2.75, 3.05) is 7.11 Å². The molecule has 19 heavy (non-hydrogen) atoms. The molecular weight excluding hydrogens is 247 g/mol. The molecule has 0 amide bonds. The summed E-state index contributed by atoms with van der Waals surface area (Å²) < 4.78 is 20.9. The Morgan fingerprint density at radius 3 is 2.79 bits per heavy atom. The standard InChI is InChI=1S/C14H17FN2O2/c1-5-9-6-10-7-16-17(8-14(2,3)18)12(10)13(19-4)11(9)15/h5-7,18H,1,8H2,2-4H3. The maximum atomic E-state index is 14.2. The summed E-state index contributed by atoms with van der Waals surface area (Å²) in [5.41, 5.74) is -0.0442. The van der Waals surface area contributed by atoms with Crippen LogP contribution in [0.5, 0.6) is 5.75 Å². The quantitative estimate of drug-likeness (QED) is 0.923. The van der Waals surface area contributed by atoms with Gasteiger partial charge in [-0.3, -0.25) is 4.68 Å². The van der Waals surface area contributed by atoms with Crippen molar-refractivity contribution in [2.24, 2.45) is 0 Å². The average Bonchev–Trinajstić information content (AvgIpc) is 2.69. The SMILES string of the molecule is C=Cc1cc2cnn(CC(C)(C)O)c2c(OC)c1F. The number of rotatable bonds is 4. The van der Waals surface area contributed by atoms with E-state index in [0.29, 0.717) is 11.1 Å². The highest BCUT2D eigenvalue weighted by molar-refractivity contribution is 5.87. The second-order valence-corrected chi connectivity index (χ2v) is 5.07. The summed E-state index contributed by atoms with van der Waals surface area (Å²) in [4.78, 5) is 0. The fourth-order valence-electron chi connectivity index (χ4n) is 2.04. The Morgan fingerprint density at radius 1 is 1.58 bits per heavy atom. The molecule has 0 aliphatic heterocycles. The van der Waals surface area contributed by atoms with E-state index in [1.54, 1.807) is 30.8 Å². The maximum absolute atomic E-state index is 14.2. The molecule has 102 valence electrons. The Balaban J connectivity index is 2.70. The molecular formula is C14H17FN2O2. The van der Waals surface area contributed by atoms with Crippen LogP contribution < -0.4 is 4.74 Å². The van der Waals surface area contributed by atoms with Gasteiger partial charge in [0, 0.05) is 10.9 Å². The first-order chi connectivity index (χ1) is 8.87. The highest BCUT2D eigenvalue weighted by atomic mass is 19.1. The number of fused-ring (bicyclic) bond motifs is 1. The number of ether oxygens (including phenoxy) is 1. The minimum Gasteiger partial charge on any atom is -0.491 e. The van der Waals surface area contributed by atoms with Crippen molar-refractivity contribution in [3.63, 3.8) is 0 Å². The number of aromatic nitrogens is 2. The molecule has 1 aromatic carbocycles. The average molecular weight is 264 g/mol. The van der Waals surface area contributed by atoms with Gasteiger partial charge in [-0.05, 0) is 19.9 Å². The Hall–Kier alpha value is -1.88. The molecule has 2 rings (SSSR count). The molecule has 0 aliphatic rings. The van der Waals surface area contributed by atoms with E-state index in [1.165, 1.54) is 13.2 Å². The molecule has 1 N–H and O–H groups in total. The molecule has 5 heteroatoms. The lowest BCUT2D eigenvalue weighted by Gasteiger charge is -2.18. The van der Waals surface area contributed by atoms with Gasteiger partial charge in [-0.15, -0.1) is 0 Å². The van der Waals surface area contributed by atoms with Crippen LogP contribution in [-0.4, -0.2) is 27.6 Å². The monoisotopic (exact) mass is 264 g/mol. The van der Waals surface area contributed by atoms with Crippen molar-refractivity contribution in [2.45, 2.75) is 26.0 Å². The van der Waals surface area contributed by atoms with Crippen molar-refractivity contribution >= 4 is 17.0 Å². The fourth-order valence-corrected chi connectivity index (χ4v) is 2.04. The van der Waals surface area contributed by atoms with Gasteiger partial charge in [-0.25, -0.2) is 4.39 Å². The summed E-state index contributed by atoms with van der Waals surface area (Å²) in [5, 5.41) is 14.8. The van der Waals surface area contributed by atoms with Crippen molar-refractivity contribution in [1.82, 2.24) is 9.78 Å². The van der Waals surface area contributed by atoms with E-state index in [2.05, 4.69) is 11.7 Å². The lowest BCUT2D eigenvalue weighted by molar-refractivity contribution is 0.0590. The van der Waals surface area contributed by atoms with Crippen LogP contribution >= 0.6 is 0 Å². The summed E-state index contributed by atoms with van der Waals surface area (Å²) in [5.74, 6) is -0.350. The molecule has 0 unspecified atom stereocenters. The maximum Gasteiger partial charge on any atom is 0.181 e. The van der Waals surface area contributed by atoms with Crippen LogP contribution in [0.1, 0.15) is 19.4 Å². The smallest absolute Gasteiger partial charge is 0.181 e. The van der Waals surface area contributed by atoms with Crippen LogP contribution in [0, 0.1) is 5.82 Å². The fraction of sp³-hybridized carbons (Fsp3) is 0.357. The summed E-state index contributed by atoms with van der Waals surface area (Å²) in [7, 11) is 1.41. The predicted octanol–water partition coefficient (Wildman–Crippen LogP) is 2.60. The highest BCUT2D eigenvalue weighted by Gasteiger charge is 2.21. The van der Waals surface area contributed by atoms with Gasteiger partial charge in [-0.2, -0.15) is 5.10 Å². The van der Waals surface area contributed by atoms with E-state index in [4.69, 9.17) is 4.74 Å². The van der Waals surface area contributed by atoms with E-state index in [-0.39, 0.29) is 12.3 Å². The van der Waals surface area contributed by atoms with Gasteiger partial charge in [0.2, 0.25) is 0 Å². The minimum atomic E-state index is -0.947. The first-order valence-electron chi connectivity index (χ1n) is 5.94. The summed E-state index contributed by atoms with van der Waals surface area (Å²) in [6.07, 6.45) is 3.06. The molecule has 0 fully saturated rings. The molecule has 0 aliphatic carbocycles. The van der Waals surface area contributed by atoms with Crippen molar-refractivity contribution < 1.29 is 14.2 Å². The number of hydrogen-bond acceptors (Lipinski definition) is 3. The number of nitrogens with zero attached hydrogens (tertiary/aromatic N) is 2. The Labute approximate surface area is 111 Å². The zero-order valence-corrected chi connectivity index (χ0v) is 11.3. The van der Waals surface area contributed by atoms with Gasteiger partial charge in [0.1, 0.15) is 5.52 Å². The van der Waals surface area contributed by atoms with E-state index in [1.807, 2.05) is 0 Å². The van der Waals surface area contributed by atoms with Crippen LogP contribution in [0.2, 0.25) is 0 Å². The summed E-state index contributed by atoms with van der Waals surface area (Å²) in [6, 6.07) is 1.66. The minimum absolute atomic E-state index is 0.120. The Bertz CT molecular complexity index is 626. The van der Waals surface area contributed by atoms with E-state index < -0.39 is 11.4 Å². The first kappa shape index (κ1) is 13.5. The normalized spacial score (nSPS) is 11.8. The van der Waals surface area contributed by atoms with E-state index in [0.717, 1.165) is 5.39 Å². The molecule has 2 aromatic rings. The molecule has 0 bridgehead atoms. The lowest BCUT2D eigenvalue weighted by atomic mass is 10.1. The molecule has 0 saturated carbocycles. The van der Waals surface area contributed by atoms with Gasteiger partial charge in [0.05, 0.1) is 25.5 Å². The highest BCUT2D eigenvalue weighted by Crippen LogP contribution is 2.32. The van der Waals surface area contributed by atoms with Gasteiger partial charge in [0.25, 0.3) is 0 Å². The zero-order valence-electron chi connectivity index (χ0n) is 11.3. The molecule has 0 atom stereocenters. The third-order valence-electron chi connectivity index (χ3n) is 2.81. The van der Waals surface area contributed by atoms with Crippen LogP contribution in [-0.2, 0) is 6.54 Å². The molecule has 4 nitrogen and oxygen atoms in total. The first-order valence-corrected chi connectivity index (χ1v) is 5.94. The van der Waals surface area contributed by atoms with Gasteiger partial charge >= 0.3 is 0 Å². The lowest BCUT2D eigenvalue weighted by Crippen LogP contribution is -2.26. The molecule has 0 radical (unpaired) electrons. The van der Waals surface area contributed by atoms with Crippen molar-refractivity contribution in [3.05, 3.63) is 30.2 Å². The third-order valence-corrected chi connectivity index (χ3v) is 2.81. The summed E-state index contributed by atoms with van der Waals surface area (Å²) >= 11 is 0. The summed E-state index contributed by atoms with van der Waals surface area (Å²) in [6.45, 7) is 7.16. The van der Waals surface area contributed by atoms with Crippen molar-refractivity contribution in [1.29, 1.82) is 0 Å². The second kappa shape index (κ2) is 4.66. The number of aliphatic hydroxyl groups is 1. The van der Waals surface area contributed by atoms with E-state index >= 15 is 0 Å². The molecule has 1 heterocycles. The second-order valence-electron chi connectivity index (χ2n) is 5.07. The van der Waals surface area contributed by atoms with Crippen LogP contribution in [0.25, 0.3) is 17.0 Å². The van der Waals surface area contributed by atoms with Gasteiger partial charge < -0.3 is 9.84 Å². The largest absolute Gasteiger partial charge is 0.491 e. The van der Waals surface area contributed by atoms with Gasteiger partial charge in [-0.1, -0.05) is 12.7 Å². The van der Waals surface area contributed by atoms with Crippen LogP contribution in [0.15, 0.2) is 18.8 Å². The van der Waals surface area contributed by atoms with E-state index in [9.17, 15) is 9.50 Å². The third kappa shape index (κ3) is 2.46. The predicted molar refractivity (Wildman–Crippen MR) is 72.6 cm³/mol. The molecule has 0 spiro atoms. The van der Waals surface area contributed by atoms with Crippen LogP contribution in [0.4, 0.5) is 4.39 Å². The topological polar surface area (TPSA) is 47.3 Å². The molecule has 1 aromatic heterocycles. The van der Waals surface area contributed by atoms with Crippen LogP contribution in [0.3, 0.4) is 0 Å². The van der Waals surface area contributed by atoms with Crippen molar-refractivity contribution in [3.8, 4) is 5.75 Å². The number of benzene rings is 1. The molecule has 0 saturated heterocycles. The number of methoxy groups -OCH3 is 1. The number of halogens is 1. The zero-order chi connectivity index (χ0) is 14.2.